The summed E-state index contributed by atoms with van der Waals surface area (Å²) in [5.74, 6) is -0.465. The summed E-state index contributed by atoms with van der Waals surface area (Å²) in [4.78, 5) is 16.2. The third-order valence-electron chi connectivity index (χ3n) is 4.91. The maximum Gasteiger partial charge on any atom is 0.319 e. The van der Waals surface area contributed by atoms with Gasteiger partial charge in [-0.2, -0.15) is 0 Å². The van der Waals surface area contributed by atoms with Crippen molar-refractivity contribution in [3.63, 3.8) is 0 Å². The van der Waals surface area contributed by atoms with Crippen molar-refractivity contribution in [2.45, 2.75) is 40.0 Å². The van der Waals surface area contributed by atoms with Gasteiger partial charge < -0.3 is 10.6 Å². The second-order valence-corrected chi connectivity index (χ2v) is 7.80. The number of carbonyl (C=O) groups excluding carboxylic acids is 1. The molecule has 1 saturated carbocycles. The van der Waals surface area contributed by atoms with Crippen LogP contribution in [0.15, 0.2) is 24.3 Å². The Morgan fingerprint density at radius 3 is 2.65 bits per heavy atom. The van der Waals surface area contributed by atoms with Gasteiger partial charge in [0.2, 0.25) is 0 Å². The van der Waals surface area contributed by atoms with Crippen molar-refractivity contribution in [3.8, 4) is 11.1 Å². The van der Waals surface area contributed by atoms with Gasteiger partial charge in [0.25, 0.3) is 0 Å². The SMILES string of the molecule is Cc1cc(-c2cc(NC(=O)NCCC3(C)CC3)c(F)cc2C)cc(Cl)n1. The monoisotopic (exact) mass is 375 g/mol. The highest BCUT2D eigenvalue weighted by Crippen LogP contribution is 2.47. The molecule has 26 heavy (non-hydrogen) atoms. The maximum atomic E-state index is 14.3. The smallest absolute Gasteiger partial charge is 0.319 e. The first-order valence-corrected chi connectivity index (χ1v) is 9.13. The number of nitrogens with one attached hydrogen (secondary N) is 2. The molecular formula is C20H23ClFN3O. The summed E-state index contributed by atoms with van der Waals surface area (Å²) in [6.45, 7) is 6.46. The summed E-state index contributed by atoms with van der Waals surface area (Å²) in [5, 5.41) is 5.79. The van der Waals surface area contributed by atoms with Gasteiger partial charge in [0.1, 0.15) is 11.0 Å². The summed E-state index contributed by atoms with van der Waals surface area (Å²) in [6.07, 6.45) is 3.36. The summed E-state index contributed by atoms with van der Waals surface area (Å²) in [6, 6.07) is 6.27. The fraction of sp³-hybridized carbons (Fsp3) is 0.400. The summed E-state index contributed by atoms with van der Waals surface area (Å²) in [7, 11) is 0. The molecule has 0 spiro atoms. The van der Waals surface area contributed by atoms with E-state index in [0.717, 1.165) is 28.8 Å². The average Bonchev–Trinajstić information content (AvgIpc) is 3.26. The number of nitrogens with zero attached hydrogens (tertiary/aromatic N) is 1. The minimum atomic E-state index is -0.465. The van der Waals surface area contributed by atoms with E-state index in [2.05, 4.69) is 22.5 Å². The number of benzene rings is 1. The van der Waals surface area contributed by atoms with Crippen molar-refractivity contribution in [1.82, 2.24) is 10.3 Å². The predicted octanol–water partition coefficient (Wildman–Crippen LogP) is 5.47. The van der Waals surface area contributed by atoms with Crippen molar-refractivity contribution in [3.05, 3.63) is 46.5 Å². The van der Waals surface area contributed by atoms with Crippen molar-refractivity contribution in [2.75, 3.05) is 11.9 Å². The lowest BCUT2D eigenvalue weighted by Crippen LogP contribution is -2.30. The minimum Gasteiger partial charge on any atom is -0.338 e. The third kappa shape index (κ3) is 4.52. The van der Waals surface area contributed by atoms with E-state index in [1.54, 1.807) is 12.1 Å². The number of aromatic nitrogens is 1. The van der Waals surface area contributed by atoms with E-state index in [1.807, 2.05) is 19.9 Å². The Balaban J connectivity index is 1.75. The van der Waals surface area contributed by atoms with E-state index in [-0.39, 0.29) is 5.69 Å². The molecule has 2 aromatic rings. The number of anilines is 1. The van der Waals surface area contributed by atoms with Gasteiger partial charge in [0.05, 0.1) is 5.69 Å². The number of carbonyl (C=O) groups is 1. The van der Waals surface area contributed by atoms with Crippen LogP contribution in [0.3, 0.4) is 0 Å². The lowest BCUT2D eigenvalue weighted by atomic mass is 10.00. The molecule has 1 fully saturated rings. The van der Waals surface area contributed by atoms with Crippen LogP contribution in [-0.4, -0.2) is 17.6 Å². The number of hydrogen-bond donors (Lipinski definition) is 2. The van der Waals surface area contributed by atoms with Gasteiger partial charge in [0.15, 0.2) is 0 Å². The molecule has 0 bridgehead atoms. The van der Waals surface area contributed by atoms with Crippen LogP contribution < -0.4 is 10.6 Å². The fourth-order valence-electron chi connectivity index (χ4n) is 2.97. The predicted molar refractivity (Wildman–Crippen MR) is 103 cm³/mol. The van der Waals surface area contributed by atoms with Gasteiger partial charge in [0, 0.05) is 12.2 Å². The van der Waals surface area contributed by atoms with Crippen molar-refractivity contribution < 1.29 is 9.18 Å². The van der Waals surface area contributed by atoms with Gasteiger partial charge in [-0.15, -0.1) is 0 Å². The van der Waals surface area contributed by atoms with Gasteiger partial charge in [-0.25, -0.2) is 14.2 Å². The molecule has 1 heterocycles. The highest BCUT2D eigenvalue weighted by molar-refractivity contribution is 6.29. The largest absolute Gasteiger partial charge is 0.338 e. The van der Waals surface area contributed by atoms with Crippen LogP contribution in [0.4, 0.5) is 14.9 Å². The quantitative estimate of drug-likeness (QED) is 0.681. The second kappa shape index (κ2) is 7.23. The molecule has 1 aliphatic carbocycles. The van der Waals surface area contributed by atoms with E-state index >= 15 is 0 Å². The molecule has 1 aromatic carbocycles. The van der Waals surface area contributed by atoms with E-state index in [9.17, 15) is 9.18 Å². The molecule has 1 aromatic heterocycles. The van der Waals surface area contributed by atoms with Crippen LogP contribution in [0, 0.1) is 25.1 Å². The minimum absolute atomic E-state index is 0.145. The fourth-order valence-corrected chi connectivity index (χ4v) is 3.22. The summed E-state index contributed by atoms with van der Waals surface area (Å²) in [5.41, 5.74) is 3.69. The van der Waals surface area contributed by atoms with Crippen LogP contribution in [0.1, 0.15) is 37.4 Å². The molecule has 0 unspecified atom stereocenters. The molecule has 2 N–H and O–H groups in total. The first kappa shape index (κ1) is 18.6. The summed E-state index contributed by atoms with van der Waals surface area (Å²) < 4.78 is 14.3. The number of aryl methyl sites for hydroxylation is 2. The second-order valence-electron chi connectivity index (χ2n) is 7.41. The molecule has 0 saturated heterocycles. The number of rotatable bonds is 5. The highest BCUT2D eigenvalue weighted by Gasteiger charge is 2.36. The van der Waals surface area contributed by atoms with Crippen LogP contribution in [-0.2, 0) is 0 Å². The lowest BCUT2D eigenvalue weighted by Gasteiger charge is -2.14. The lowest BCUT2D eigenvalue weighted by molar-refractivity contribution is 0.251. The third-order valence-corrected chi connectivity index (χ3v) is 5.11. The van der Waals surface area contributed by atoms with E-state index < -0.39 is 11.8 Å². The van der Waals surface area contributed by atoms with Crippen LogP contribution >= 0.6 is 11.6 Å². The molecule has 138 valence electrons. The Labute approximate surface area is 158 Å². The Bertz CT molecular complexity index is 829. The van der Waals surface area contributed by atoms with Crippen LogP contribution in [0.5, 0.6) is 0 Å². The average molecular weight is 376 g/mol. The molecular weight excluding hydrogens is 353 g/mol. The van der Waals surface area contributed by atoms with Crippen LogP contribution in [0.25, 0.3) is 11.1 Å². The number of urea groups is 1. The molecule has 1 aliphatic rings. The van der Waals surface area contributed by atoms with Gasteiger partial charge in [-0.05, 0) is 79.5 Å². The standard InChI is InChI=1S/C20H23ClFN3O/c1-12-8-16(22)17(25-19(26)23-7-6-20(3)4-5-20)11-15(12)14-9-13(2)24-18(21)10-14/h8-11H,4-7H2,1-3H3,(H2,23,25,26). The molecule has 0 aliphatic heterocycles. The normalized spacial score (nSPS) is 14.8. The zero-order chi connectivity index (χ0) is 18.9. The van der Waals surface area contributed by atoms with Gasteiger partial charge in [-0.1, -0.05) is 18.5 Å². The molecule has 3 rings (SSSR count). The number of pyridine rings is 1. The van der Waals surface area contributed by atoms with Crippen molar-refractivity contribution >= 4 is 23.3 Å². The topological polar surface area (TPSA) is 54.0 Å². The first-order chi connectivity index (χ1) is 12.3. The molecule has 6 heteroatoms. The molecule has 0 atom stereocenters. The highest BCUT2D eigenvalue weighted by atomic mass is 35.5. The summed E-state index contributed by atoms with van der Waals surface area (Å²) >= 11 is 6.04. The van der Waals surface area contributed by atoms with Gasteiger partial charge in [-0.3, -0.25) is 0 Å². The number of halogens is 2. The number of amides is 2. The Morgan fingerprint density at radius 2 is 2.00 bits per heavy atom. The maximum absolute atomic E-state index is 14.3. The van der Waals surface area contributed by atoms with E-state index in [0.29, 0.717) is 17.1 Å². The van der Waals surface area contributed by atoms with Gasteiger partial charge >= 0.3 is 6.03 Å². The number of hydrogen-bond acceptors (Lipinski definition) is 2. The zero-order valence-corrected chi connectivity index (χ0v) is 16.0. The molecule has 4 nitrogen and oxygen atoms in total. The Morgan fingerprint density at radius 1 is 1.27 bits per heavy atom. The molecule has 0 radical (unpaired) electrons. The first-order valence-electron chi connectivity index (χ1n) is 8.75. The van der Waals surface area contributed by atoms with Crippen molar-refractivity contribution in [2.24, 2.45) is 5.41 Å². The Hall–Kier alpha value is -2.14. The Kier molecular flexibility index (Phi) is 5.19. The zero-order valence-electron chi connectivity index (χ0n) is 15.2. The van der Waals surface area contributed by atoms with Crippen LogP contribution in [0.2, 0.25) is 5.15 Å². The molecule has 2 amide bonds. The van der Waals surface area contributed by atoms with Crippen molar-refractivity contribution in [1.29, 1.82) is 0 Å². The van der Waals surface area contributed by atoms with E-state index in [1.165, 1.54) is 18.9 Å². The van der Waals surface area contributed by atoms with E-state index in [4.69, 9.17) is 11.6 Å².